The van der Waals surface area contributed by atoms with Gasteiger partial charge in [0.25, 0.3) is 0 Å². The molecule has 0 aromatic heterocycles. The molecule has 18 heavy (non-hydrogen) atoms. The third-order valence-corrected chi connectivity index (χ3v) is 4.53. The molecule has 0 aromatic rings. The van der Waals surface area contributed by atoms with Crippen molar-refractivity contribution in [1.29, 1.82) is 0 Å². The van der Waals surface area contributed by atoms with E-state index < -0.39 is 0 Å². The van der Waals surface area contributed by atoms with Crippen LogP contribution in [0.15, 0.2) is 0 Å². The molecule has 0 aliphatic carbocycles. The molecule has 4 heteroatoms. The van der Waals surface area contributed by atoms with E-state index in [0.29, 0.717) is 5.92 Å². The summed E-state index contributed by atoms with van der Waals surface area (Å²) in [5, 5.41) is 6.51. The van der Waals surface area contributed by atoms with Gasteiger partial charge in [0, 0.05) is 18.5 Å². The molecule has 2 saturated heterocycles. The molecule has 0 radical (unpaired) electrons. The first-order valence-corrected chi connectivity index (χ1v) is 7.28. The van der Waals surface area contributed by atoms with Crippen molar-refractivity contribution in [3.8, 4) is 0 Å². The predicted molar refractivity (Wildman–Crippen MR) is 73.4 cm³/mol. The molecule has 0 aromatic carbocycles. The zero-order valence-electron chi connectivity index (χ0n) is 11.8. The maximum Gasteiger partial charge on any atom is 0.226 e. The van der Waals surface area contributed by atoms with Crippen molar-refractivity contribution in [1.82, 2.24) is 15.5 Å². The van der Waals surface area contributed by atoms with E-state index in [2.05, 4.69) is 29.5 Å². The smallest absolute Gasteiger partial charge is 0.226 e. The van der Waals surface area contributed by atoms with Crippen LogP contribution in [0.1, 0.15) is 32.6 Å². The molecule has 0 bridgehead atoms. The van der Waals surface area contributed by atoms with Crippen molar-refractivity contribution in [2.75, 3.05) is 39.8 Å². The van der Waals surface area contributed by atoms with Gasteiger partial charge in [-0.15, -0.1) is 0 Å². The summed E-state index contributed by atoms with van der Waals surface area (Å²) in [6.45, 7) is 7.22. The van der Waals surface area contributed by atoms with Crippen molar-refractivity contribution in [3.05, 3.63) is 0 Å². The van der Waals surface area contributed by atoms with Gasteiger partial charge in [0.15, 0.2) is 0 Å². The Bertz CT molecular complexity index is 287. The topological polar surface area (TPSA) is 44.4 Å². The highest BCUT2D eigenvalue weighted by Gasteiger charge is 2.34. The number of piperidine rings is 2. The largest absolute Gasteiger partial charge is 0.355 e. The first-order chi connectivity index (χ1) is 8.60. The van der Waals surface area contributed by atoms with Crippen LogP contribution in [0.5, 0.6) is 0 Å². The molecular formula is C14H27N3O. The predicted octanol–water partition coefficient (Wildman–Crippen LogP) is 0.834. The summed E-state index contributed by atoms with van der Waals surface area (Å²) in [6.07, 6.45) is 4.44. The fourth-order valence-electron chi connectivity index (χ4n) is 3.10. The second-order valence-electron chi connectivity index (χ2n) is 6.29. The molecule has 2 heterocycles. The number of nitrogens with one attached hydrogen (secondary N) is 2. The number of carbonyl (C=O) groups excluding carboxylic acids is 1. The minimum Gasteiger partial charge on any atom is -0.355 e. The van der Waals surface area contributed by atoms with E-state index in [0.717, 1.165) is 39.0 Å². The third kappa shape index (κ3) is 3.45. The fraction of sp³-hybridized carbons (Fsp3) is 0.929. The highest BCUT2D eigenvalue weighted by Crippen LogP contribution is 2.28. The Labute approximate surface area is 110 Å². The molecular weight excluding hydrogens is 226 g/mol. The lowest BCUT2D eigenvalue weighted by atomic mass is 9.80. The Kier molecular flexibility index (Phi) is 4.62. The standard InChI is InChI=1S/C14H27N3O/c1-14(5-7-15-8-6-14)13(18)16-10-12-4-3-9-17(2)11-12/h12,15H,3-11H2,1-2H3,(H,16,18). The average molecular weight is 253 g/mol. The number of likely N-dealkylation sites (tertiary alicyclic amines) is 1. The van der Waals surface area contributed by atoms with Crippen LogP contribution in [-0.2, 0) is 4.79 Å². The molecule has 104 valence electrons. The number of carbonyl (C=O) groups is 1. The molecule has 2 rings (SSSR count). The van der Waals surface area contributed by atoms with Crippen LogP contribution in [0.25, 0.3) is 0 Å². The van der Waals surface area contributed by atoms with Gasteiger partial charge in [-0.2, -0.15) is 0 Å². The van der Waals surface area contributed by atoms with Gasteiger partial charge in [0.1, 0.15) is 0 Å². The Balaban J connectivity index is 1.76. The van der Waals surface area contributed by atoms with Crippen LogP contribution >= 0.6 is 0 Å². The minimum atomic E-state index is -0.147. The second kappa shape index (κ2) is 6.02. The highest BCUT2D eigenvalue weighted by molar-refractivity contribution is 5.82. The van der Waals surface area contributed by atoms with Crippen molar-refractivity contribution in [2.24, 2.45) is 11.3 Å². The average Bonchev–Trinajstić information content (AvgIpc) is 2.37. The number of hydrogen-bond donors (Lipinski definition) is 2. The summed E-state index contributed by atoms with van der Waals surface area (Å²) in [5.74, 6) is 0.898. The normalized spacial score (nSPS) is 28.9. The molecule has 4 nitrogen and oxygen atoms in total. The lowest BCUT2D eigenvalue weighted by molar-refractivity contribution is -0.131. The van der Waals surface area contributed by atoms with E-state index in [9.17, 15) is 4.79 Å². The molecule has 2 fully saturated rings. The molecule has 1 unspecified atom stereocenters. The van der Waals surface area contributed by atoms with Crippen LogP contribution in [0.3, 0.4) is 0 Å². The monoisotopic (exact) mass is 253 g/mol. The van der Waals surface area contributed by atoms with Crippen LogP contribution in [0.4, 0.5) is 0 Å². The van der Waals surface area contributed by atoms with Gasteiger partial charge in [-0.1, -0.05) is 6.92 Å². The summed E-state index contributed by atoms with van der Waals surface area (Å²) < 4.78 is 0. The molecule has 2 N–H and O–H groups in total. The van der Waals surface area contributed by atoms with Gasteiger partial charge in [-0.3, -0.25) is 4.79 Å². The van der Waals surface area contributed by atoms with Gasteiger partial charge in [0.2, 0.25) is 5.91 Å². The minimum absolute atomic E-state index is 0.147. The quantitative estimate of drug-likeness (QED) is 0.783. The van der Waals surface area contributed by atoms with Crippen molar-refractivity contribution >= 4 is 5.91 Å². The second-order valence-corrected chi connectivity index (χ2v) is 6.29. The Morgan fingerprint density at radius 3 is 2.83 bits per heavy atom. The first kappa shape index (κ1) is 13.8. The zero-order chi connectivity index (χ0) is 13.0. The van der Waals surface area contributed by atoms with E-state index in [-0.39, 0.29) is 11.3 Å². The maximum absolute atomic E-state index is 12.3. The summed E-state index contributed by atoms with van der Waals surface area (Å²) in [4.78, 5) is 14.7. The maximum atomic E-state index is 12.3. The van der Waals surface area contributed by atoms with Gasteiger partial charge >= 0.3 is 0 Å². The fourth-order valence-corrected chi connectivity index (χ4v) is 3.10. The Morgan fingerprint density at radius 1 is 1.44 bits per heavy atom. The SMILES string of the molecule is CN1CCCC(CNC(=O)C2(C)CCNCC2)C1. The molecule has 0 saturated carbocycles. The summed E-state index contributed by atoms with van der Waals surface area (Å²) >= 11 is 0. The van der Waals surface area contributed by atoms with Crippen LogP contribution in [-0.4, -0.2) is 50.6 Å². The van der Waals surface area contributed by atoms with Crippen molar-refractivity contribution < 1.29 is 4.79 Å². The zero-order valence-corrected chi connectivity index (χ0v) is 11.8. The van der Waals surface area contributed by atoms with E-state index in [1.54, 1.807) is 0 Å². The summed E-state index contributed by atoms with van der Waals surface area (Å²) in [7, 11) is 2.17. The molecule has 1 atom stereocenters. The third-order valence-electron chi connectivity index (χ3n) is 4.53. The van der Waals surface area contributed by atoms with E-state index in [4.69, 9.17) is 0 Å². The van der Waals surface area contributed by atoms with Crippen molar-refractivity contribution in [3.63, 3.8) is 0 Å². The summed E-state index contributed by atoms with van der Waals surface area (Å²) in [5.41, 5.74) is -0.147. The first-order valence-electron chi connectivity index (χ1n) is 7.28. The number of nitrogens with zero attached hydrogens (tertiary/aromatic N) is 1. The number of rotatable bonds is 3. The van der Waals surface area contributed by atoms with Crippen molar-refractivity contribution in [2.45, 2.75) is 32.6 Å². The van der Waals surface area contributed by atoms with Gasteiger partial charge in [-0.25, -0.2) is 0 Å². The van der Waals surface area contributed by atoms with Gasteiger partial charge < -0.3 is 15.5 Å². The number of hydrogen-bond acceptors (Lipinski definition) is 3. The lowest BCUT2D eigenvalue weighted by Gasteiger charge is -2.34. The van der Waals surface area contributed by atoms with Gasteiger partial charge in [-0.05, 0) is 58.3 Å². The Hall–Kier alpha value is -0.610. The van der Waals surface area contributed by atoms with E-state index in [1.165, 1.54) is 19.4 Å². The number of amides is 1. The molecule has 0 spiro atoms. The Morgan fingerprint density at radius 2 is 2.17 bits per heavy atom. The van der Waals surface area contributed by atoms with Crippen LogP contribution in [0.2, 0.25) is 0 Å². The lowest BCUT2D eigenvalue weighted by Crippen LogP contribution is -2.48. The molecule has 1 amide bonds. The van der Waals surface area contributed by atoms with Crippen LogP contribution in [0, 0.1) is 11.3 Å². The highest BCUT2D eigenvalue weighted by atomic mass is 16.2. The van der Waals surface area contributed by atoms with E-state index in [1.807, 2.05) is 0 Å². The molecule has 2 aliphatic rings. The van der Waals surface area contributed by atoms with Gasteiger partial charge in [0.05, 0.1) is 0 Å². The summed E-state index contributed by atoms with van der Waals surface area (Å²) in [6, 6.07) is 0. The van der Waals surface area contributed by atoms with E-state index >= 15 is 0 Å². The molecule has 2 aliphatic heterocycles. The van der Waals surface area contributed by atoms with Crippen LogP contribution < -0.4 is 10.6 Å².